The van der Waals surface area contributed by atoms with Gasteiger partial charge in [0, 0.05) is 5.56 Å². The number of hydrogen-bond donors (Lipinski definition) is 1. The molecule has 1 aliphatic carbocycles. The minimum atomic E-state index is -0.619. The van der Waals surface area contributed by atoms with Crippen molar-refractivity contribution in [1.82, 2.24) is 0 Å². The van der Waals surface area contributed by atoms with Crippen LogP contribution in [0.5, 0.6) is 0 Å². The van der Waals surface area contributed by atoms with E-state index in [-0.39, 0.29) is 35.9 Å². The van der Waals surface area contributed by atoms with E-state index in [0.717, 1.165) is 4.90 Å². The molecule has 19 heavy (non-hydrogen) atoms. The summed E-state index contributed by atoms with van der Waals surface area (Å²) in [6.07, 6.45) is 0.607. The van der Waals surface area contributed by atoms with Gasteiger partial charge in [0.1, 0.15) is 5.82 Å². The van der Waals surface area contributed by atoms with Crippen molar-refractivity contribution in [1.29, 1.82) is 0 Å². The monoisotopic (exact) mass is 258 g/mol. The number of imide groups is 1. The molecule has 0 radical (unpaired) electrons. The van der Waals surface area contributed by atoms with Crippen LogP contribution in [-0.2, 0) is 9.59 Å². The van der Waals surface area contributed by atoms with Gasteiger partial charge in [-0.15, -0.1) is 0 Å². The summed E-state index contributed by atoms with van der Waals surface area (Å²) in [6.45, 7) is 0.190. The Morgan fingerprint density at radius 3 is 2.58 bits per heavy atom. The third kappa shape index (κ3) is 1.81. The van der Waals surface area contributed by atoms with Crippen LogP contribution in [0.1, 0.15) is 12.0 Å². The number of halogens is 1. The van der Waals surface area contributed by atoms with Crippen LogP contribution in [0.3, 0.4) is 0 Å². The molecule has 2 atom stereocenters. The molecule has 2 fully saturated rings. The molecule has 3 rings (SSSR count). The van der Waals surface area contributed by atoms with Crippen LogP contribution in [0, 0.1) is 29.5 Å². The number of anilines is 1. The van der Waals surface area contributed by atoms with Gasteiger partial charge in [-0.1, -0.05) is 11.8 Å². The Morgan fingerprint density at radius 1 is 1.32 bits per heavy atom. The fourth-order valence-corrected chi connectivity index (χ4v) is 2.34. The molecule has 1 aromatic carbocycles. The van der Waals surface area contributed by atoms with E-state index >= 15 is 0 Å². The van der Waals surface area contributed by atoms with Crippen molar-refractivity contribution < 1.29 is 14.0 Å². The minimum Gasteiger partial charge on any atom is -0.320 e. The molecule has 2 unspecified atom stereocenters. The van der Waals surface area contributed by atoms with Crippen LogP contribution >= 0.6 is 0 Å². The lowest BCUT2D eigenvalue weighted by Gasteiger charge is -2.17. The Hall–Kier alpha value is -2.19. The van der Waals surface area contributed by atoms with E-state index in [1.165, 1.54) is 12.1 Å². The second-order valence-electron chi connectivity index (χ2n) is 4.63. The standard InChI is InChI=1S/C14H11FN2O2/c15-11-6-8(2-1-5-16)3-4-12(11)17-13(18)9-7-10(9)14(17)19/h3-4,6,9-10H,5,7,16H2. The first-order valence-corrected chi connectivity index (χ1v) is 6.00. The highest BCUT2D eigenvalue weighted by atomic mass is 19.1. The average Bonchev–Trinajstić information content (AvgIpc) is 3.14. The van der Waals surface area contributed by atoms with Crippen LogP contribution in [0.2, 0.25) is 0 Å². The molecule has 1 aromatic rings. The number of amides is 2. The molecule has 1 aliphatic heterocycles. The van der Waals surface area contributed by atoms with Crippen LogP contribution in [0.15, 0.2) is 18.2 Å². The quantitative estimate of drug-likeness (QED) is 0.594. The fraction of sp³-hybridized carbons (Fsp3) is 0.286. The van der Waals surface area contributed by atoms with Gasteiger partial charge in [0.25, 0.3) is 0 Å². The van der Waals surface area contributed by atoms with E-state index in [1.54, 1.807) is 6.07 Å². The lowest BCUT2D eigenvalue weighted by molar-refractivity contribution is -0.123. The van der Waals surface area contributed by atoms with Gasteiger partial charge in [0.05, 0.1) is 24.1 Å². The maximum absolute atomic E-state index is 14.0. The molecule has 2 N–H and O–H groups in total. The number of carbonyl (C=O) groups is 2. The number of hydrogen-bond acceptors (Lipinski definition) is 3. The van der Waals surface area contributed by atoms with Gasteiger partial charge in [-0.3, -0.25) is 9.59 Å². The summed E-state index contributed by atoms with van der Waals surface area (Å²) < 4.78 is 14.0. The van der Waals surface area contributed by atoms with Crippen molar-refractivity contribution >= 4 is 17.5 Å². The van der Waals surface area contributed by atoms with Crippen molar-refractivity contribution in [2.45, 2.75) is 6.42 Å². The van der Waals surface area contributed by atoms with Crippen molar-refractivity contribution in [2.24, 2.45) is 17.6 Å². The first kappa shape index (κ1) is 11.9. The van der Waals surface area contributed by atoms with Gasteiger partial charge >= 0.3 is 0 Å². The van der Waals surface area contributed by atoms with Gasteiger partial charge in [0.2, 0.25) is 11.8 Å². The smallest absolute Gasteiger partial charge is 0.237 e. The molecule has 0 bridgehead atoms. The molecule has 96 valence electrons. The number of benzene rings is 1. The second kappa shape index (κ2) is 4.18. The molecule has 5 heteroatoms. The first-order chi connectivity index (χ1) is 9.13. The molecular formula is C14H11FN2O2. The van der Waals surface area contributed by atoms with Crippen molar-refractivity contribution in [3.63, 3.8) is 0 Å². The highest BCUT2D eigenvalue weighted by Gasteiger charge is 2.59. The summed E-state index contributed by atoms with van der Waals surface area (Å²) >= 11 is 0. The second-order valence-corrected chi connectivity index (χ2v) is 4.63. The van der Waals surface area contributed by atoms with Crippen molar-refractivity contribution in [3.05, 3.63) is 29.6 Å². The van der Waals surface area contributed by atoms with Crippen molar-refractivity contribution in [2.75, 3.05) is 11.4 Å². The molecule has 1 heterocycles. The number of nitrogens with two attached hydrogens (primary N) is 1. The predicted molar refractivity (Wildman–Crippen MR) is 66.4 cm³/mol. The summed E-state index contributed by atoms with van der Waals surface area (Å²) in [4.78, 5) is 24.7. The fourth-order valence-electron chi connectivity index (χ4n) is 2.34. The summed E-state index contributed by atoms with van der Waals surface area (Å²) in [5.74, 6) is 3.64. The Kier molecular flexibility index (Phi) is 2.61. The number of fused-ring (bicyclic) bond motifs is 1. The molecule has 2 amide bonds. The topological polar surface area (TPSA) is 63.4 Å². The molecule has 1 saturated carbocycles. The zero-order valence-electron chi connectivity index (χ0n) is 10.0. The first-order valence-electron chi connectivity index (χ1n) is 6.00. The maximum Gasteiger partial charge on any atom is 0.237 e. The number of rotatable bonds is 1. The van der Waals surface area contributed by atoms with Crippen LogP contribution < -0.4 is 10.6 Å². The Bertz CT molecular complexity index is 625. The van der Waals surface area contributed by atoms with Crippen LogP contribution in [0.4, 0.5) is 10.1 Å². The maximum atomic E-state index is 14.0. The number of nitrogens with zero attached hydrogens (tertiary/aromatic N) is 1. The minimum absolute atomic E-state index is 0.0144. The van der Waals surface area contributed by atoms with Gasteiger partial charge < -0.3 is 5.73 Å². The SMILES string of the molecule is NCC#Cc1ccc(N2C(=O)C3CC3C2=O)c(F)c1. The van der Waals surface area contributed by atoms with E-state index in [0.29, 0.717) is 12.0 Å². The van der Waals surface area contributed by atoms with Gasteiger partial charge in [-0.05, 0) is 24.6 Å². The molecular weight excluding hydrogens is 247 g/mol. The van der Waals surface area contributed by atoms with Gasteiger partial charge in [-0.2, -0.15) is 0 Å². The zero-order valence-corrected chi connectivity index (χ0v) is 10.0. The van der Waals surface area contributed by atoms with Crippen LogP contribution in [0.25, 0.3) is 0 Å². The van der Waals surface area contributed by atoms with E-state index in [9.17, 15) is 14.0 Å². The molecule has 4 nitrogen and oxygen atoms in total. The summed E-state index contributed by atoms with van der Waals surface area (Å²) in [7, 11) is 0. The summed E-state index contributed by atoms with van der Waals surface area (Å²) in [5.41, 5.74) is 5.72. The summed E-state index contributed by atoms with van der Waals surface area (Å²) in [6, 6.07) is 4.20. The van der Waals surface area contributed by atoms with E-state index in [2.05, 4.69) is 11.8 Å². The average molecular weight is 258 g/mol. The largest absolute Gasteiger partial charge is 0.320 e. The molecule has 2 aliphatic rings. The van der Waals surface area contributed by atoms with E-state index in [4.69, 9.17) is 5.73 Å². The lowest BCUT2D eigenvalue weighted by Crippen LogP contribution is -2.33. The third-order valence-electron chi connectivity index (χ3n) is 3.39. The van der Waals surface area contributed by atoms with E-state index in [1.807, 2.05) is 0 Å². The number of piperidine rings is 1. The Morgan fingerprint density at radius 2 is 2.00 bits per heavy atom. The highest BCUT2D eigenvalue weighted by molar-refractivity contribution is 6.24. The highest BCUT2D eigenvalue weighted by Crippen LogP contribution is 2.48. The molecule has 0 spiro atoms. The van der Waals surface area contributed by atoms with Crippen LogP contribution in [-0.4, -0.2) is 18.4 Å². The Balaban J connectivity index is 1.94. The Labute approximate surface area is 109 Å². The zero-order chi connectivity index (χ0) is 13.6. The lowest BCUT2D eigenvalue weighted by atomic mass is 10.2. The molecule has 0 aromatic heterocycles. The van der Waals surface area contributed by atoms with Crippen molar-refractivity contribution in [3.8, 4) is 11.8 Å². The molecule has 1 saturated heterocycles. The normalized spacial score (nSPS) is 24.0. The number of carbonyl (C=O) groups excluding carboxylic acids is 2. The van der Waals surface area contributed by atoms with Gasteiger partial charge in [0.15, 0.2) is 0 Å². The predicted octanol–water partition coefficient (Wildman–Crippen LogP) is 0.645. The van der Waals surface area contributed by atoms with Gasteiger partial charge in [-0.25, -0.2) is 9.29 Å². The summed E-state index contributed by atoms with van der Waals surface area (Å²) in [5, 5.41) is 0. The third-order valence-corrected chi connectivity index (χ3v) is 3.39. The van der Waals surface area contributed by atoms with E-state index < -0.39 is 5.82 Å².